The highest BCUT2D eigenvalue weighted by atomic mass is 16.2. The maximum Gasteiger partial charge on any atom is 0.317 e. The molecular formula is C21H23N5O. The summed E-state index contributed by atoms with van der Waals surface area (Å²) in [5.74, 6) is 1.05. The minimum atomic E-state index is 0.0169. The van der Waals surface area contributed by atoms with E-state index in [2.05, 4.69) is 50.9 Å². The van der Waals surface area contributed by atoms with Crippen LogP contribution in [0.4, 0.5) is 10.7 Å². The lowest BCUT2D eigenvalue weighted by atomic mass is 10.0. The van der Waals surface area contributed by atoms with Gasteiger partial charge in [0.1, 0.15) is 0 Å². The number of benzene rings is 2. The zero-order chi connectivity index (χ0) is 18.6. The summed E-state index contributed by atoms with van der Waals surface area (Å²) < 4.78 is 0. The van der Waals surface area contributed by atoms with E-state index in [-0.39, 0.29) is 6.03 Å². The fourth-order valence-corrected chi connectivity index (χ4v) is 3.32. The van der Waals surface area contributed by atoms with E-state index in [1.165, 1.54) is 10.8 Å². The van der Waals surface area contributed by atoms with E-state index < -0.39 is 0 Å². The van der Waals surface area contributed by atoms with Gasteiger partial charge in [-0.05, 0) is 29.8 Å². The van der Waals surface area contributed by atoms with Crippen LogP contribution in [0.3, 0.4) is 0 Å². The first-order valence-electron chi connectivity index (χ1n) is 9.32. The van der Waals surface area contributed by atoms with Gasteiger partial charge in [0.2, 0.25) is 5.95 Å². The van der Waals surface area contributed by atoms with E-state index in [4.69, 9.17) is 0 Å². The Hall–Kier alpha value is -3.15. The van der Waals surface area contributed by atoms with Crippen molar-refractivity contribution in [2.75, 3.05) is 31.5 Å². The average Bonchev–Trinajstić information content (AvgIpc) is 2.67. The van der Waals surface area contributed by atoms with Gasteiger partial charge in [-0.2, -0.15) is 0 Å². The lowest BCUT2D eigenvalue weighted by Gasteiger charge is -2.39. The van der Waals surface area contributed by atoms with Crippen molar-refractivity contribution in [3.63, 3.8) is 0 Å². The van der Waals surface area contributed by atoms with Crippen LogP contribution >= 0.6 is 0 Å². The molecule has 0 unspecified atom stereocenters. The van der Waals surface area contributed by atoms with Crippen molar-refractivity contribution >= 4 is 22.8 Å². The van der Waals surface area contributed by atoms with Crippen LogP contribution in [0, 0.1) is 5.92 Å². The average molecular weight is 361 g/mol. The topological polar surface area (TPSA) is 70.2 Å². The lowest BCUT2D eigenvalue weighted by molar-refractivity contribution is 0.127. The second-order valence-electron chi connectivity index (χ2n) is 6.81. The molecule has 6 nitrogen and oxygen atoms in total. The number of hydrogen-bond acceptors (Lipinski definition) is 4. The molecule has 2 aromatic carbocycles. The maximum atomic E-state index is 11.7. The summed E-state index contributed by atoms with van der Waals surface area (Å²) in [6, 6.07) is 16.6. The summed E-state index contributed by atoms with van der Waals surface area (Å²) in [6.07, 6.45) is 1.78. The Morgan fingerprint density at radius 2 is 1.96 bits per heavy atom. The fraction of sp³-hybridized carbons (Fsp3) is 0.286. The van der Waals surface area contributed by atoms with Crippen molar-refractivity contribution in [1.82, 2.24) is 20.2 Å². The Kier molecular flexibility index (Phi) is 4.87. The molecule has 1 aliphatic rings. The van der Waals surface area contributed by atoms with Crippen molar-refractivity contribution in [2.24, 2.45) is 5.92 Å². The van der Waals surface area contributed by atoms with Crippen molar-refractivity contribution in [1.29, 1.82) is 0 Å². The van der Waals surface area contributed by atoms with Gasteiger partial charge in [0.25, 0.3) is 0 Å². The highest BCUT2D eigenvalue weighted by molar-refractivity contribution is 5.86. The minimum absolute atomic E-state index is 0.0169. The Morgan fingerprint density at radius 3 is 2.78 bits per heavy atom. The van der Waals surface area contributed by atoms with E-state index in [1.807, 2.05) is 30.0 Å². The highest BCUT2D eigenvalue weighted by Crippen LogP contribution is 2.23. The van der Waals surface area contributed by atoms with Crippen LogP contribution in [0.25, 0.3) is 22.0 Å². The predicted octanol–water partition coefficient (Wildman–Crippen LogP) is 3.37. The number of fused-ring (bicyclic) bond motifs is 1. The molecule has 1 saturated heterocycles. The second-order valence-corrected chi connectivity index (χ2v) is 6.81. The highest BCUT2D eigenvalue weighted by Gasteiger charge is 2.30. The number of nitrogens with zero attached hydrogens (tertiary/aromatic N) is 3. The predicted molar refractivity (Wildman–Crippen MR) is 108 cm³/mol. The molecule has 2 N–H and O–H groups in total. The van der Waals surface area contributed by atoms with E-state index in [9.17, 15) is 4.79 Å². The number of nitrogens with one attached hydrogen (secondary N) is 2. The SMILES string of the molecule is CCNC(=O)N1CC(CNc2nccc(-c3ccc4ccccc4c3)n2)C1. The quantitative estimate of drug-likeness (QED) is 0.731. The molecule has 3 aromatic rings. The number of rotatable bonds is 5. The smallest absolute Gasteiger partial charge is 0.317 e. The van der Waals surface area contributed by atoms with E-state index >= 15 is 0 Å². The third-order valence-corrected chi connectivity index (χ3v) is 4.82. The Balaban J connectivity index is 1.39. The normalized spacial score (nSPS) is 14.0. The monoisotopic (exact) mass is 361 g/mol. The largest absolute Gasteiger partial charge is 0.354 e. The van der Waals surface area contributed by atoms with Gasteiger partial charge in [-0.3, -0.25) is 0 Å². The zero-order valence-corrected chi connectivity index (χ0v) is 15.4. The molecule has 1 fully saturated rings. The molecule has 6 heteroatoms. The Morgan fingerprint density at radius 1 is 1.15 bits per heavy atom. The molecule has 1 aliphatic heterocycles. The van der Waals surface area contributed by atoms with Crippen LogP contribution in [0.1, 0.15) is 6.92 Å². The van der Waals surface area contributed by atoms with Gasteiger partial charge in [-0.15, -0.1) is 0 Å². The van der Waals surface area contributed by atoms with Crippen LogP contribution in [-0.2, 0) is 0 Å². The number of likely N-dealkylation sites (tertiary alicyclic amines) is 1. The summed E-state index contributed by atoms with van der Waals surface area (Å²) in [5.41, 5.74) is 1.97. The number of hydrogen-bond donors (Lipinski definition) is 2. The first kappa shape index (κ1) is 17.3. The molecule has 27 heavy (non-hydrogen) atoms. The van der Waals surface area contributed by atoms with Gasteiger partial charge < -0.3 is 15.5 Å². The van der Waals surface area contributed by atoms with Crippen molar-refractivity contribution in [3.05, 3.63) is 54.7 Å². The van der Waals surface area contributed by atoms with Gasteiger partial charge in [-0.25, -0.2) is 14.8 Å². The van der Waals surface area contributed by atoms with Gasteiger partial charge in [-0.1, -0.05) is 36.4 Å². The lowest BCUT2D eigenvalue weighted by Crippen LogP contribution is -2.55. The number of carbonyl (C=O) groups is 1. The maximum absolute atomic E-state index is 11.7. The van der Waals surface area contributed by atoms with Crippen molar-refractivity contribution in [3.8, 4) is 11.3 Å². The van der Waals surface area contributed by atoms with Crippen molar-refractivity contribution < 1.29 is 4.79 Å². The summed E-state index contributed by atoms with van der Waals surface area (Å²) in [5, 5.41) is 8.54. The number of aromatic nitrogens is 2. The molecule has 1 aromatic heterocycles. The zero-order valence-electron chi connectivity index (χ0n) is 15.4. The van der Waals surface area contributed by atoms with Gasteiger partial charge in [0.05, 0.1) is 5.69 Å². The molecule has 2 amide bonds. The summed E-state index contributed by atoms with van der Waals surface area (Å²) in [7, 11) is 0. The Labute approximate surface area is 158 Å². The summed E-state index contributed by atoms with van der Waals surface area (Å²) in [6.45, 7) is 4.88. The molecule has 0 aliphatic carbocycles. The van der Waals surface area contributed by atoms with E-state index in [1.54, 1.807) is 6.20 Å². The molecule has 2 heterocycles. The third kappa shape index (κ3) is 3.84. The van der Waals surface area contributed by atoms with Gasteiger partial charge in [0.15, 0.2) is 0 Å². The molecular weight excluding hydrogens is 338 g/mol. The first-order chi connectivity index (χ1) is 13.2. The van der Waals surface area contributed by atoms with Crippen LogP contribution in [0.2, 0.25) is 0 Å². The summed E-state index contributed by atoms with van der Waals surface area (Å²) in [4.78, 5) is 22.5. The minimum Gasteiger partial charge on any atom is -0.354 e. The molecule has 0 atom stereocenters. The first-order valence-corrected chi connectivity index (χ1v) is 9.32. The number of amides is 2. The Bertz CT molecular complexity index is 952. The standard InChI is InChI=1S/C21H23N5O/c1-2-22-21(27)26-13-15(14-26)12-24-20-23-10-9-19(25-20)18-8-7-16-5-3-4-6-17(16)11-18/h3-11,15H,2,12-14H2,1H3,(H,22,27)(H,23,24,25). The fourth-order valence-electron chi connectivity index (χ4n) is 3.32. The molecule has 138 valence electrons. The van der Waals surface area contributed by atoms with Crippen LogP contribution in [-0.4, -0.2) is 47.1 Å². The van der Waals surface area contributed by atoms with E-state index in [0.29, 0.717) is 18.4 Å². The van der Waals surface area contributed by atoms with Crippen LogP contribution < -0.4 is 10.6 Å². The molecule has 0 radical (unpaired) electrons. The molecule has 4 rings (SSSR count). The van der Waals surface area contributed by atoms with E-state index in [0.717, 1.165) is 30.9 Å². The third-order valence-electron chi connectivity index (χ3n) is 4.82. The molecule has 0 bridgehead atoms. The van der Waals surface area contributed by atoms with Gasteiger partial charge in [0, 0.05) is 43.9 Å². The van der Waals surface area contributed by atoms with Gasteiger partial charge >= 0.3 is 6.03 Å². The van der Waals surface area contributed by atoms with Crippen LogP contribution in [0.5, 0.6) is 0 Å². The number of anilines is 1. The van der Waals surface area contributed by atoms with Crippen LogP contribution in [0.15, 0.2) is 54.7 Å². The number of carbonyl (C=O) groups excluding carboxylic acids is 1. The summed E-state index contributed by atoms with van der Waals surface area (Å²) >= 11 is 0. The number of urea groups is 1. The second kappa shape index (κ2) is 7.61. The molecule has 0 saturated carbocycles. The molecule has 0 spiro atoms. The van der Waals surface area contributed by atoms with Crippen molar-refractivity contribution in [2.45, 2.75) is 6.92 Å².